The molecule has 1 aromatic rings. The van der Waals surface area contributed by atoms with Crippen LogP contribution in [0.3, 0.4) is 0 Å². The predicted molar refractivity (Wildman–Crippen MR) is 78.1 cm³/mol. The van der Waals surface area contributed by atoms with Crippen LogP contribution in [0.4, 0.5) is 0 Å². The number of hydrogen-bond acceptors (Lipinski definition) is 3. The van der Waals surface area contributed by atoms with E-state index in [1.165, 1.54) is 12.1 Å². The molecular formula is C15H21NO3S. The highest BCUT2D eigenvalue weighted by molar-refractivity contribution is 7.89. The second-order valence-corrected chi connectivity index (χ2v) is 7.51. The van der Waals surface area contributed by atoms with Crippen molar-refractivity contribution in [3.8, 4) is 0 Å². The second kappa shape index (κ2) is 6.06. The summed E-state index contributed by atoms with van der Waals surface area (Å²) in [6.45, 7) is 4.51. The first kappa shape index (κ1) is 15.2. The fourth-order valence-electron chi connectivity index (χ4n) is 1.96. The Kier molecular flexibility index (Phi) is 4.60. The van der Waals surface area contributed by atoms with E-state index in [-0.39, 0.29) is 16.6 Å². The fraction of sp³-hybridized carbons (Fsp3) is 0.533. The Morgan fingerprint density at radius 2 is 2.05 bits per heavy atom. The van der Waals surface area contributed by atoms with Crippen LogP contribution in [0.15, 0.2) is 29.2 Å². The molecule has 1 aliphatic carbocycles. The number of nitrogens with one attached hydrogen (secondary N) is 1. The van der Waals surface area contributed by atoms with Gasteiger partial charge in [-0.25, -0.2) is 13.1 Å². The summed E-state index contributed by atoms with van der Waals surface area (Å²) in [4.78, 5) is 12.1. The van der Waals surface area contributed by atoms with E-state index in [0.29, 0.717) is 18.0 Å². The van der Waals surface area contributed by atoms with Crippen LogP contribution in [0, 0.1) is 11.8 Å². The van der Waals surface area contributed by atoms with Gasteiger partial charge in [0, 0.05) is 18.0 Å². The van der Waals surface area contributed by atoms with Crippen LogP contribution in [0.5, 0.6) is 0 Å². The van der Waals surface area contributed by atoms with Gasteiger partial charge in [-0.15, -0.1) is 0 Å². The summed E-state index contributed by atoms with van der Waals surface area (Å²) >= 11 is 0. The average Bonchev–Trinajstić information content (AvgIpc) is 3.21. The van der Waals surface area contributed by atoms with E-state index in [1.807, 2.05) is 13.8 Å². The first-order chi connectivity index (χ1) is 9.40. The standard InChI is InChI=1S/C15H21NO3S/c1-11(2)8-9-16-20(18,19)14-5-3-4-13(10-14)15(17)12-6-7-12/h3-5,10-12,16H,6-9H2,1-2H3. The SMILES string of the molecule is CC(C)CCNS(=O)(=O)c1cccc(C(=O)C2CC2)c1. The van der Waals surface area contributed by atoms with E-state index >= 15 is 0 Å². The van der Waals surface area contributed by atoms with Crippen molar-refractivity contribution in [1.29, 1.82) is 0 Å². The van der Waals surface area contributed by atoms with Gasteiger partial charge in [-0.2, -0.15) is 0 Å². The maximum atomic E-state index is 12.2. The predicted octanol–water partition coefficient (Wildman–Crippen LogP) is 2.60. The summed E-state index contributed by atoms with van der Waals surface area (Å²) in [5, 5.41) is 0. The van der Waals surface area contributed by atoms with Gasteiger partial charge < -0.3 is 0 Å². The van der Waals surface area contributed by atoms with E-state index in [0.717, 1.165) is 19.3 Å². The average molecular weight is 295 g/mol. The van der Waals surface area contributed by atoms with E-state index in [2.05, 4.69) is 4.72 Å². The minimum Gasteiger partial charge on any atom is -0.294 e. The van der Waals surface area contributed by atoms with Gasteiger partial charge in [0.1, 0.15) is 0 Å². The third kappa shape index (κ3) is 3.90. The molecule has 4 nitrogen and oxygen atoms in total. The molecule has 2 rings (SSSR count). The summed E-state index contributed by atoms with van der Waals surface area (Å²) in [6.07, 6.45) is 2.63. The molecule has 0 aliphatic heterocycles. The van der Waals surface area contributed by atoms with Gasteiger partial charge in [-0.3, -0.25) is 4.79 Å². The quantitative estimate of drug-likeness (QED) is 0.786. The lowest BCUT2D eigenvalue weighted by atomic mass is 10.1. The molecule has 5 heteroatoms. The molecule has 0 spiro atoms. The number of carbonyl (C=O) groups is 1. The van der Waals surface area contributed by atoms with Crippen molar-refractivity contribution in [2.75, 3.05) is 6.54 Å². The Labute approximate surface area is 120 Å². The highest BCUT2D eigenvalue weighted by Crippen LogP contribution is 2.32. The van der Waals surface area contributed by atoms with E-state index in [4.69, 9.17) is 0 Å². The molecule has 0 aromatic heterocycles. The molecule has 0 radical (unpaired) electrons. The maximum absolute atomic E-state index is 12.2. The maximum Gasteiger partial charge on any atom is 0.240 e. The van der Waals surface area contributed by atoms with E-state index in [1.54, 1.807) is 12.1 Å². The summed E-state index contributed by atoms with van der Waals surface area (Å²) in [7, 11) is -3.52. The summed E-state index contributed by atoms with van der Waals surface area (Å²) < 4.78 is 26.9. The Morgan fingerprint density at radius 1 is 1.35 bits per heavy atom. The van der Waals surface area contributed by atoms with Gasteiger partial charge in [0.2, 0.25) is 10.0 Å². The fourth-order valence-corrected chi connectivity index (χ4v) is 3.06. The van der Waals surface area contributed by atoms with Gasteiger partial charge in [0.05, 0.1) is 4.90 Å². The van der Waals surface area contributed by atoms with Crippen molar-refractivity contribution >= 4 is 15.8 Å². The first-order valence-electron chi connectivity index (χ1n) is 7.04. The van der Waals surface area contributed by atoms with Crippen LogP contribution in [-0.2, 0) is 10.0 Å². The Morgan fingerprint density at radius 3 is 2.65 bits per heavy atom. The lowest BCUT2D eigenvalue weighted by Gasteiger charge is -2.09. The monoisotopic (exact) mass is 295 g/mol. The Bertz CT molecular complexity index is 589. The summed E-state index contributed by atoms with van der Waals surface area (Å²) in [6, 6.07) is 6.33. The van der Waals surface area contributed by atoms with Crippen molar-refractivity contribution < 1.29 is 13.2 Å². The molecule has 0 unspecified atom stereocenters. The Balaban J connectivity index is 2.10. The van der Waals surface area contributed by atoms with Crippen LogP contribution in [-0.4, -0.2) is 20.7 Å². The lowest BCUT2D eigenvalue weighted by Crippen LogP contribution is -2.25. The highest BCUT2D eigenvalue weighted by atomic mass is 32.2. The molecule has 1 aromatic carbocycles. The number of Topliss-reactive ketones (excluding diaryl/α,β-unsaturated/α-hetero) is 1. The van der Waals surface area contributed by atoms with Crippen molar-refractivity contribution in [1.82, 2.24) is 4.72 Å². The van der Waals surface area contributed by atoms with Gasteiger partial charge >= 0.3 is 0 Å². The third-order valence-electron chi connectivity index (χ3n) is 3.39. The smallest absolute Gasteiger partial charge is 0.240 e. The largest absolute Gasteiger partial charge is 0.294 e. The van der Waals surface area contributed by atoms with E-state index < -0.39 is 10.0 Å². The summed E-state index contributed by atoms with van der Waals surface area (Å²) in [5.74, 6) is 0.603. The van der Waals surface area contributed by atoms with Crippen LogP contribution in [0.25, 0.3) is 0 Å². The minimum absolute atomic E-state index is 0.0595. The second-order valence-electron chi connectivity index (χ2n) is 5.75. The number of sulfonamides is 1. The first-order valence-corrected chi connectivity index (χ1v) is 8.52. The number of carbonyl (C=O) groups excluding carboxylic acids is 1. The van der Waals surface area contributed by atoms with Crippen molar-refractivity contribution in [2.45, 2.75) is 38.0 Å². The normalized spacial score (nSPS) is 15.6. The zero-order valence-corrected chi connectivity index (χ0v) is 12.7. The van der Waals surface area contributed by atoms with Gasteiger partial charge in [0.15, 0.2) is 5.78 Å². The van der Waals surface area contributed by atoms with Gasteiger partial charge in [-0.05, 0) is 37.3 Å². The molecule has 0 saturated heterocycles. The van der Waals surface area contributed by atoms with E-state index in [9.17, 15) is 13.2 Å². The molecule has 1 fully saturated rings. The number of rotatable bonds is 7. The topological polar surface area (TPSA) is 63.2 Å². The third-order valence-corrected chi connectivity index (χ3v) is 4.85. The lowest BCUT2D eigenvalue weighted by molar-refractivity contribution is 0.0967. The van der Waals surface area contributed by atoms with Crippen LogP contribution < -0.4 is 4.72 Å². The molecule has 1 saturated carbocycles. The van der Waals surface area contributed by atoms with Gasteiger partial charge in [0.25, 0.3) is 0 Å². The van der Waals surface area contributed by atoms with Crippen molar-refractivity contribution in [3.63, 3.8) is 0 Å². The molecule has 20 heavy (non-hydrogen) atoms. The minimum atomic E-state index is -3.52. The molecule has 0 bridgehead atoms. The Hall–Kier alpha value is -1.20. The van der Waals surface area contributed by atoms with Crippen molar-refractivity contribution in [2.24, 2.45) is 11.8 Å². The number of benzene rings is 1. The molecular weight excluding hydrogens is 274 g/mol. The van der Waals surface area contributed by atoms with Crippen LogP contribution >= 0.6 is 0 Å². The van der Waals surface area contributed by atoms with Gasteiger partial charge in [-0.1, -0.05) is 26.0 Å². The molecule has 1 aliphatic rings. The summed E-state index contributed by atoms with van der Waals surface area (Å²) in [5.41, 5.74) is 0.499. The molecule has 110 valence electrons. The number of hydrogen-bond donors (Lipinski definition) is 1. The zero-order chi connectivity index (χ0) is 14.8. The number of ketones is 1. The van der Waals surface area contributed by atoms with Crippen LogP contribution in [0.1, 0.15) is 43.5 Å². The van der Waals surface area contributed by atoms with Crippen molar-refractivity contribution in [3.05, 3.63) is 29.8 Å². The zero-order valence-electron chi connectivity index (χ0n) is 11.9. The highest BCUT2D eigenvalue weighted by Gasteiger charge is 2.30. The molecule has 1 N–H and O–H groups in total. The van der Waals surface area contributed by atoms with Crippen LogP contribution in [0.2, 0.25) is 0 Å². The molecule has 0 amide bonds. The molecule has 0 atom stereocenters. The molecule has 0 heterocycles.